The number of aryl methyl sites for hydroxylation is 3. The summed E-state index contributed by atoms with van der Waals surface area (Å²) in [4.78, 5) is 21.7. The maximum atomic E-state index is 14.5. The average molecular weight is 584 g/mol. The van der Waals surface area contributed by atoms with Gasteiger partial charge in [-0.1, -0.05) is 32.0 Å². The maximum absolute atomic E-state index is 14.5. The zero-order valence-electron chi connectivity index (χ0n) is 23.2. The topological polar surface area (TPSA) is 128 Å². The van der Waals surface area contributed by atoms with Crippen LogP contribution in [0.2, 0.25) is 0 Å². The van der Waals surface area contributed by atoms with Gasteiger partial charge >= 0.3 is 0 Å². The summed E-state index contributed by atoms with van der Waals surface area (Å²) in [7, 11) is -4.41. The van der Waals surface area contributed by atoms with Crippen LogP contribution in [0.25, 0.3) is 11.3 Å². The minimum atomic E-state index is -4.41. The lowest BCUT2D eigenvalue weighted by Crippen LogP contribution is -2.31. The average Bonchev–Trinajstić information content (AvgIpc) is 2.90. The van der Waals surface area contributed by atoms with E-state index in [1.54, 1.807) is 6.07 Å². The van der Waals surface area contributed by atoms with Crippen molar-refractivity contribution in [3.05, 3.63) is 88.9 Å². The van der Waals surface area contributed by atoms with Gasteiger partial charge in [0.05, 0.1) is 18.0 Å². The molecule has 0 spiro atoms. The lowest BCUT2D eigenvalue weighted by atomic mass is 10.1. The van der Waals surface area contributed by atoms with Gasteiger partial charge in [0, 0.05) is 14.5 Å². The van der Waals surface area contributed by atoms with Crippen molar-refractivity contribution in [2.24, 2.45) is 5.92 Å². The Bertz CT molecular complexity index is 1720. The van der Waals surface area contributed by atoms with E-state index < -0.39 is 26.8 Å². The van der Waals surface area contributed by atoms with E-state index in [-0.39, 0.29) is 37.4 Å². The third-order valence-electron chi connectivity index (χ3n) is 6.00. The van der Waals surface area contributed by atoms with Gasteiger partial charge < -0.3 is 14.6 Å². The fraction of sp³-hybridized carbons (Fsp3) is 0.233. The largest absolute Gasteiger partial charge is 0.506 e. The maximum Gasteiger partial charge on any atom is 0.281 e. The molecule has 2 aromatic carbocycles. The predicted molar refractivity (Wildman–Crippen MR) is 155 cm³/mol. The number of para-hydroxylation sites is 1. The van der Waals surface area contributed by atoms with E-state index in [1.165, 1.54) is 37.3 Å². The molecule has 0 fully saturated rings. The molecule has 41 heavy (non-hydrogen) atoms. The monoisotopic (exact) mass is 583 g/mol. The predicted octanol–water partition coefficient (Wildman–Crippen LogP) is 6.35. The molecule has 0 aliphatic rings. The van der Waals surface area contributed by atoms with Gasteiger partial charge in [0.15, 0.2) is 5.03 Å². The van der Waals surface area contributed by atoms with Crippen molar-refractivity contribution >= 4 is 15.9 Å². The lowest BCUT2D eigenvalue weighted by Gasteiger charge is -2.16. The first-order valence-corrected chi connectivity index (χ1v) is 14.2. The number of nitrogens with one attached hydrogen (secondary N) is 1. The molecule has 0 aliphatic carbocycles. The molecular formula is C30H34FN3O6S. The molecule has 2 aromatic heterocycles. The normalized spacial score (nSPS) is 11.4. The summed E-state index contributed by atoms with van der Waals surface area (Å²) < 4.78 is 54.2. The molecule has 0 saturated heterocycles. The van der Waals surface area contributed by atoms with E-state index in [2.05, 4.69) is 9.97 Å². The third-order valence-corrected chi connectivity index (χ3v) is 7.23. The first kappa shape index (κ1) is 29.5. The summed E-state index contributed by atoms with van der Waals surface area (Å²) in [5, 5.41) is 9.25. The van der Waals surface area contributed by atoms with E-state index >= 15 is 0 Å². The summed E-state index contributed by atoms with van der Waals surface area (Å²) in [6.45, 7) is 9.41. The van der Waals surface area contributed by atoms with E-state index in [0.717, 1.165) is 17.2 Å². The molecule has 4 aromatic rings. The smallest absolute Gasteiger partial charge is 0.281 e. The van der Waals surface area contributed by atoms with Crippen molar-refractivity contribution < 1.29 is 35.0 Å². The summed E-state index contributed by atoms with van der Waals surface area (Å²) >= 11 is 0. The van der Waals surface area contributed by atoms with Crippen LogP contribution in [0.3, 0.4) is 0 Å². The fourth-order valence-corrected chi connectivity index (χ4v) is 4.84. The summed E-state index contributed by atoms with van der Waals surface area (Å²) in [5.74, 6) is -0.942. The quantitative estimate of drug-likeness (QED) is 0.233. The second kappa shape index (κ2) is 11.9. The van der Waals surface area contributed by atoms with Crippen molar-refractivity contribution in [3.8, 4) is 34.4 Å². The molecule has 0 unspecified atom stereocenters. The van der Waals surface area contributed by atoms with Crippen molar-refractivity contribution in [2.45, 2.75) is 39.6 Å². The number of sulfonamides is 1. The Labute approximate surface area is 241 Å². The van der Waals surface area contributed by atoms with Crippen LogP contribution in [-0.2, 0) is 10.0 Å². The Morgan fingerprint density at radius 1 is 1.02 bits per heavy atom. The summed E-state index contributed by atoms with van der Waals surface area (Å²) in [6, 6.07) is 14.7. The number of carbonyl (C=O) groups excluding carboxylic acids is 1. The molecular weight excluding hydrogens is 549 g/mol. The highest BCUT2D eigenvalue weighted by atomic mass is 32.2. The molecule has 4 rings (SSSR count). The van der Waals surface area contributed by atoms with Gasteiger partial charge in [-0.05, 0) is 74.2 Å². The van der Waals surface area contributed by atoms with Gasteiger partial charge in [-0.3, -0.25) is 4.79 Å². The number of halogens is 1. The molecule has 11 heteroatoms. The minimum Gasteiger partial charge on any atom is -0.506 e. The second-order valence-corrected chi connectivity index (χ2v) is 11.6. The zero-order chi connectivity index (χ0) is 29.9. The van der Waals surface area contributed by atoms with Crippen molar-refractivity contribution in [2.75, 3.05) is 6.61 Å². The van der Waals surface area contributed by atoms with Gasteiger partial charge in [0.1, 0.15) is 28.6 Å². The molecule has 0 aliphatic heterocycles. The standard InChI is InChI=1S/C30H30FN3O6S.2H2/c1-17(2)16-39-23-14-21(13-22(31)15-23)25-10-9-24(30(33-25)40-28-18(3)7-6-8-19(28)4)29(36)34-41(37,38)27-12-11-26(35)20(5)32-27;;/h6-15,17,35H,16H2,1-5H3,(H,34,36);2*1H. The van der Waals surface area contributed by atoms with Crippen molar-refractivity contribution in [1.29, 1.82) is 0 Å². The number of pyridine rings is 2. The molecule has 1 amide bonds. The van der Waals surface area contributed by atoms with Gasteiger partial charge in [0.2, 0.25) is 5.88 Å². The second-order valence-electron chi connectivity index (χ2n) is 9.94. The molecule has 0 radical (unpaired) electrons. The first-order valence-electron chi connectivity index (χ1n) is 12.8. The molecule has 0 atom stereocenters. The number of nitrogens with zero attached hydrogens (tertiary/aromatic N) is 2. The highest BCUT2D eigenvalue weighted by molar-refractivity contribution is 7.90. The number of amides is 1. The van der Waals surface area contributed by atoms with Crippen LogP contribution < -0.4 is 14.2 Å². The van der Waals surface area contributed by atoms with Crippen molar-refractivity contribution in [3.63, 3.8) is 0 Å². The molecule has 2 heterocycles. The highest BCUT2D eigenvalue weighted by Crippen LogP contribution is 2.33. The molecule has 0 saturated carbocycles. The van der Waals surface area contributed by atoms with Gasteiger partial charge in [-0.25, -0.2) is 19.1 Å². The number of ether oxygens (including phenoxy) is 2. The first-order chi connectivity index (χ1) is 19.3. The number of aromatic hydroxyl groups is 1. The van der Waals surface area contributed by atoms with E-state index in [0.29, 0.717) is 23.7 Å². The Hall–Kier alpha value is -4.51. The summed E-state index contributed by atoms with van der Waals surface area (Å²) in [6.07, 6.45) is 0. The minimum absolute atomic E-state index is 0. The molecule has 2 N–H and O–H groups in total. The molecule has 218 valence electrons. The number of aromatic nitrogens is 2. The van der Waals surface area contributed by atoms with E-state index in [1.807, 2.05) is 50.6 Å². The van der Waals surface area contributed by atoms with Crippen LogP contribution >= 0.6 is 0 Å². The van der Waals surface area contributed by atoms with Gasteiger partial charge in [-0.15, -0.1) is 0 Å². The third kappa shape index (κ3) is 6.98. The van der Waals surface area contributed by atoms with Crippen LogP contribution in [0.5, 0.6) is 23.1 Å². The molecule has 9 nitrogen and oxygen atoms in total. The Kier molecular flexibility index (Phi) is 8.57. The number of hydrogen-bond donors (Lipinski definition) is 2. The van der Waals surface area contributed by atoms with Crippen LogP contribution in [0.15, 0.2) is 65.7 Å². The Morgan fingerprint density at radius 2 is 1.73 bits per heavy atom. The Morgan fingerprint density at radius 3 is 2.39 bits per heavy atom. The zero-order valence-corrected chi connectivity index (χ0v) is 24.0. The number of benzene rings is 2. The number of carbonyl (C=O) groups is 1. The van der Waals surface area contributed by atoms with Crippen molar-refractivity contribution in [1.82, 2.24) is 14.7 Å². The van der Waals surface area contributed by atoms with E-state index in [9.17, 15) is 22.7 Å². The summed E-state index contributed by atoms with van der Waals surface area (Å²) in [5.41, 5.74) is 2.07. The van der Waals surface area contributed by atoms with Gasteiger partial charge in [-0.2, -0.15) is 8.42 Å². The lowest BCUT2D eigenvalue weighted by molar-refractivity contribution is 0.0978. The van der Waals surface area contributed by atoms with Gasteiger partial charge in [0.25, 0.3) is 15.9 Å². The Balaban J connectivity index is 0.00000323. The van der Waals surface area contributed by atoms with Crippen LogP contribution in [0.4, 0.5) is 4.39 Å². The molecule has 0 bridgehead atoms. The van der Waals surface area contributed by atoms with E-state index in [4.69, 9.17) is 9.47 Å². The number of rotatable bonds is 9. The number of hydrogen-bond acceptors (Lipinski definition) is 8. The van der Waals surface area contributed by atoms with Crippen LogP contribution in [-0.4, -0.2) is 36.0 Å². The SMILES string of the molecule is Cc1cccc(C)c1Oc1nc(-c2cc(F)cc(OCC(C)C)c2)ccc1C(=O)NS(=O)(=O)c1ccc(O)c(C)n1.[HH].[HH]. The van der Waals surface area contributed by atoms with Crippen LogP contribution in [0, 0.1) is 32.5 Å². The highest BCUT2D eigenvalue weighted by Gasteiger charge is 2.25. The fourth-order valence-electron chi connectivity index (χ4n) is 3.88. The van der Waals surface area contributed by atoms with Crippen LogP contribution in [0.1, 0.15) is 43.9 Å².